The molecule has 10 aliphatic heterocycles. The van der Waals surface area contributed by atoms with Crippen molar-refractivity contribution in [2.24, 2.45) is 5.92 Å². The molecule has 10 heterocycles. The largest absolute Gasteiger partial charge is 0.508 e. The second-order valence-corrected chi connectivity index (χ2v) is 30.6. The number of nitro groups is 1. The number of esters is 2. The van der Waals surface area contributed by atoms with Gasteiger partial charge in [0, 0.05) is 51.6 Å². The summed E-state index contributed by atoms with van der Waals surface area (Å²) in [7, 11) is 5.12. The number of fused-ring (bicyclic) bond motifs is 2. The van der Waals surface area contributed by atoms with E-state index in [1.807, 2.05) is 0 Å². The fourth-order valence-corrected chi connectivity index (χ4v) is 17.1. The van der Waals surface area contributed by atoms with Crippen LogP contribution >= 0.6 is 23.2 Å². The molecule has 10 fully saturated rings. The van der Waals surface area contributed by atoms with Gasteiger partial charge in [0.2, 0.25) is 0 Å². The molecule has 39 nitrogen and oxygen atoms in total. The molecule has 0 amide bonds. The van der Waals surface area contributed by atoms with Gasteiger partial charge in [0.05, 0.1) is 87.5 Å². The van der Waals surface area contributed by atoms with Gasteiger partial charge < -0.3 is 160 Å². The molecule has 0 radical (unpaired) electrons. The van der Waals surface area contributed by atoms with Crippen LogP contribution in [0.25, 0.3) is 0 Å². The number of carbonyl (C=O) groups is 3. The standard InChI is InChI=1S/C70H97Cl2NO38/c1-24-15-32(75)16-33(76)41(24)61(84)100-37-22-94-70(57(82)54(37)93-23-74)108-38-21-92-63(48(81)53(38)109-70)106-65-56(90-13)46(79)52(36(101-65)20-88-11)105-64-47(80)49(25(2)27(4)97-64)104-66-58(83)68(10)60(31(8)98-66)110-69(111-68)18-34(77)50(29(6)107-69)102-39-17-35(99-40-19-67(9,73(86)87)59(91-14)30(7)96-40)51(28(5)95-39)103-62(85)42-26(3)43(71)45(78)44(72)55(42)89-12/h15-16,23,25,27-31,34-40,46-54,56-60,63-66,75-83H,17-22H2,1-14H3/t25-,27+,28+,29+,30-,31+,34+,35+,36+,37+,38-,39-,40-,46-,47+,48+,49-,50+,51+,52+,53+,54-,56-,57+,58+,59-,60+,63-,64-,65-,66-,67-,68+,69+,70+/m0/s1. The first-order valence-electron chi connectivity index (χ1n) is 36.2. The third-order valence-corrected chi connectivity index (χ3v) is 23.2. The molecule has 0 aliphatic carbocycles. The van der Waals surface area contributed by atoms with Crippen LogP contribution in [0.4, 0.5) is 0 Å². The van der Waals surface area contributed by atoms with E-state index in [4.69, 9.17) is 137 Å². The number of benzene rings is 2. The highest BCUT2D eigenvalue weighted by Gasteiger charge is 2.70. The van der Waals surface area contributed by atoms with Gasteiger partial charge in [-0.2, -0.15) is 0 Å². The number of carbonyl (C=O) groups excluding carboxylic acids is 3. The summed E-state index contributed by atoms with van der Waals surface area (Å²) in [4.78, 5) is 51.5. The molecular formula is C70H97Cl2NO38. The van der Waals surface area contributed by atoms with Crippen LogP contribution < -0.4 is 4.74 Å². The molecule has 10 saturated heterocycles. The van der Waals surface area contributed by atoms with Gasteiger partial charge in [-0.3, -0.25) is 14.9 Å². The number of aliphatic hydroxyl groups excluding tert-OH is 6. The van der Waals surface area contributed by atoms with Gasteiger partial charge in [0.1, 0.15) is 106 Å². The van der Waals surface area contributed by atoms with E-state index < -0.39 is 255 Å². The number of phenols is 3. The lowest BCUT2D eigenvalue weighted by Gasteiger charge is -2.50. The lowest BCUT2D eigenvalue weighted by atomic mass is 9.85. The molecule has 35 atom stereocenters. The average molecular weight is 1630 g/mol. The summed E-state index contributed by atoms with van der Waals surface area (Å²) < 4.78 is 146. The lowest BCUT2D eigenvalue weighted by molar-refractivity contribution is -0.595. The van der Waals surface area contributed by atoms with Crippen molar-refractivity contribution in [2.45, 2.75) is 296 Å². The number of nitrogens with zero attached hydrogens (tertiary/aromatic N) is 1. The number of aryl methyl sites for hydroxylation is 1. The Balaban J connectivity index is 0.678. The Hall–Kier alpha value is -5.01. The first kappa shape index (κ1) is 85.4. The highest BCUT2D eigenvalue weighted by molar-refractivity contribution is 6.39. The Kier molecular flexibility index (Phi) is 25.8. The third kappa shape index (κ3) is 16.0. The highest BCUT2D eigenvalue weighted by Crippen LogP contribution is 2.53. The summed E-state index contributed by atoms with van der Waals surface area (Å²) in [5.74, 6) is -9.00. The fraction of sp³-hybridized carbons (Fsp3) is 0.786. The van der Waals surface area contributed by atoms with Crippen molar-refractivity contribution in [2.75, 3.05) is 48.3 Å². The molecule has 9 N–H and O–H groups in total. The Labute approximate surface area is 645 Å². The molecule has 12 rings (SSSR count). The predicted octanol–water partition coefficient (Wildman–Crippen LogP) is 1.04. The highest BCUT2D eigenvalue weighted by atomic mass is 35.5. The summed E-state index contributed by atoms with van der Waals surface area (Å²) in [5, 5.41) is 115. The van der Waals surface area contributed by atoms with Gasteiger partial charge in [-0.25, -0.2) is 9.59 Å². The molecule has 2 aromatic carbocycles. The maximum Gasteiger partial charge on any atom is 0.342 e. The average Bonchev–Trinajstić information content (AvgIpc) is 1.56. The van der Waals surface area contributed by atoms with Crippen LogP contribution in [-0.4, -0.2) is 325 Å². The maximum absolute atomic E-state index is 14.3. The molecule has 10 aliphatic rings. The SMILES string of the molecule is COC[C@H]1O[C@@H](O[C@@H]2OC[C@@H]3O[C@@]4(OC[C@@H](OC(=O)c5c(C)cc(O)cc5O)[C@H](OC=O)[C@H]4O)O[C@H]3[C@H]2O)[C@@H](OC)[C@@H](O)[C@@H]1O[C@@H]1O[C@H](C)[C@H](C)[C@H](O[C@@H]2O[C@H](C)[C@H]3O[C@]4(C[C@@H](O)[C@H](O[C@H]5C[C@@H](O[C@H]6C[C@](C)([N+](=O)[O-])[C@@H](OC)[C@H](C)O6)[C@H](OC(=O)c6c(C)c(Cl)c(O)c(Cl)c6OC)[C@@H](C)O5)[C@@H](C)O4)O[C@]3(C)[C@@H]2O)[C@H]1O. The number of methoxy groups -OCH3 is 4. The first-order valence-corrected chi connectivity index (χ1v) is 36.9. The molecular weight excluding hydrogens is 1530 g/mol. The number of aromatic hydroxyl groups is 3. The minimum absolute atomic E-state index is 0.0180. The Morgan fingerprint density at radius 3 is 2.00 bits per heavy atom. The van der Waals surface area contributed by atoms with E-state index >= 15 is 0 Å². The van der Waals surface area contributed by atoms with Gasteiger partial charge in [-0.05, 0) is 72.6 Å². The summed E-state index contributed by atoms with van der Waals surface area (Å²) >= 11 is 12.8. The second-order valence-electron chi connectivity index (χ2n) is 29.8. The van der Waals surface area contributed by atoms with Gasteiger partial charge in [-0.1, -0.05) is 30.1 Å². The number of rotatable bonds is 22. The van der Waals surface area contributed by atoms with Gasteiger partial charge >= 0.3 is 17.9 Å². The fourth-order valence-electron chi connectivity index (χ4n) is 16.6. The van der Waals surface area contributed by atoms with Crippen molar-refractivity contribution in [1.82, 2.24) is 0 Å². The van der Waals surface area contributed by atoms with E-state index in [2.05, 4.69) is 0 Å². The summed E-state index contributed by atoms with van der Waals surface area (Å²) in [5.41, 5.74) is -3.77. The summed E-state index contributed by atoms with van der Waals surface area (Å²) in [6.45, 7) is 14.3. The van der Waals surface area contributed by atoms with Crippen molar-refractivity contribution in [3.8, 4) is 23.0 Å². The molecule has 0 bridgehead atoms. The van der Waals surface area contributed by atoms with Crippen LogP contribution in [0.1, 0.15) is 106 Å². The topological polar surface area (TPSA) is 498 Å². The van der Waals surface area contributed by atoms with E-state index in [1.165, 1.54) is 55.3 Å². The number of aliphatic hydroxyl groups is 6. The van der Waals surface area contributed by atoms with Crippen molar-refractivity contribution < 1.29 is 179 Å². The van der Waals surface area contributed by atoms with Crippen LogP contribution in [-0.2, 0) is 114 Å². The number of halogens is 2. The smallest absolute Gasteiger partial charge is 0.342 e. The number of ether oxygens (including phenoxy) is 24. The summed E-state index contributed by atoms with van der Waals surface area (Å²) in [6.07, 6.45) is -41.9. The molecule has 624 valence electrons. The molecule has 2 spiro atoms. The van der Waals surface area contributed by atoms with E-state index in [-0.39, 0.29) is 76.3 Å². The van der Waals surface area contributed by atoms with Crippen LogP contribution in [0, 0.1) is 29.9 Å². The molecule has 0 saturated carbocycles. The van der Waals surface area contributed by atoms with Crippen molar-refractivity contribution in [1.29, 1.82) is 0 Å². The van der Waals surface area contributed by atoms with E-state index in [0.717, 1.165) is 6.07 Å². The van der Waals surface area contributed by atoms with E-state index in [9.17, 15) is 70.5 Å². The van der Waals surface area contributed by atoms with Crippen LogP contribution in [0.5, 0.6) is 23.0 Å². The normalized spacial score (nSPS) is 45.1. The van der Waals surface area contributed by atoms with Gasteiger partial charge in [0.15, 0.2) is 79.8 Å². The summed E-state index contributed by atoms with van der Waals surface area (Å²) in [6, 6.07) is 2.11. The monoisotopic (exact) mass is 1630 g/mol. The Bertz CT molecular complexity index is 3630. The molecule has 0 unspecified atom stereocenters. The minimum Gasteiger partial charge on any atom is -0.508 e. The number of phenolic OH excluding ortho intramolecular Hbond substituents is 3. The molecule has 2 aromatic rings. The Morgan fingerprint density at radius 1 is 0.649 bits per heavy atom. The number of hydrogen-bond donors (Lipinski definition) is 9. The zero-order valence-corrected chi connectivity index (χ0v) is 64.5. The van der Waals surface area contributed by atoms with Crippen LogP contribution in [0.2, 0.25) is 10.0 Å². The third-order valence-electron chi connectivity index (χ3n) is 22.4. The van der Waals surface area contributed by atoms with Crippen LogP contribution in [0.3, 0.4) is 0 Å². The molecule has 0 aromatic heterocycles. The first-order chi connectivity index (χ1) is 52.4. The zero-order chi connectivity index (χ0) is 80.7. The zero-order valence-electron chi connectivity index (χ0n) is 62.9. The Morgan fingerprint density at radius 2 is 1.34 bits per heavy atom. The van der Waals surface area contributed by atoms with Crippen molar-refractivity contribution in [3.63, 3.8) is 0 Å². The maximum atomic E-state index is 14.3. The number of hydrogen-bond acceptors (Lipinski definition) is 38. The van der Waals surface area contributed by atoms with Gasteiger partial charge in [0.25, 0.3) is 18.0 Å². The molecule has 41 heteroatoms. The van der Waals surface area contributed by atoms with Crippen molar-refractivity contribution in [3.05, 3.63) is 54.5 Å². The second kappa shape index (κ2) is 33.5. The predicted molar refractivity (Wildman–Crippen MR) is 364 cm³/mol. The van der Waals surface area contributed by atoms with E-state index in [0.29, 0.717) is 0 Å². The quantitative estimate of drug-likeness (QED) is 0.0261. The van der Waals surface area contributed by atoms with Crippen molar-refractivity contribution >= 4 is 41.6 Å². The minimum atomic E-state index is -2.45. The van der Waals surface area contributed by atoms with E-state index in [1.54, 1.807) is 48.5 Å². The molecule has 111 heavy (non-hydrogen) atoms. The van der Waals surface area contributed by atoms with Gasteiger partial charge in [-0.15, -0.1) is 0 Å². The van der Waals surface area contributed by atoms with Crippen LogP contribution in [0.15, 0.2) is 12.1 Å². The lowest BCUT2D eigenvalue weighted by Crippen LogP contribution is -2.67.